The molecule has 1 heterocycles. The van der Waals surface area contributed by atoms with Crippen molar-refractivity contribution in [1.82, 2.24) is 0 Å². The topological polar surface area (TPSA) is 68.8 Å². The molecule has 4 heteroatoms. The second-order valence-electron chi connectivity index (χ2n) is 4.64. The highest BCUT2D eigenvalue weighted by Crippen LogP contribution is 2.27. The second-order valence-corrected chi connectivity index (χ2v) is 4.64. The van der Waals surface area contributed by atoms with Crippen LogP contribution in [0.15, 0.2) is 18.2 Å². The minimum absolute atomic E-state index is 0.181. The maximum Gasteiger partial charge on any atom is 0.101 e. The third-order valence-electron chi connectivity index (χ3n) is 2.88. The lowest BCUT2D eigenvalue weighted by atomic mass is 9.88. The number of hydrogen-bond acceptors (Lipinski definition) is 4. The molecule has 0 amide bonds. The Morgan fingerprint density at radius 1 is 1.29 bits per heavy atom. The smallest absolute Gasteiger partial charge is 0.101 e. The Morgan fingerprint density at radius 2 is 2.00 bits per heavy atom. The highest BCUT2D eigenvalue weighted by Gasteiger charge is 2.32. The van der Waals surface area contributed by atoms with E-state index in [2.05, 4.69) is 12.2 Å². The number of anilines is 1. The normalized spacial score (nSPS) is 16.4. The number of nitrogens with zero attached hydrogens (tertiary/aromatic N) is 2. The quantitative estimate of drug-likeness (QED) is 0.856. The Bertz CT molecular complexity index is 506. The van der Waals surface area contributed by atoms with Crippen LogP contribution in [0.1, 0.15) is 18.1 Å². The summed E-state index contributed by atoms with van der Waals surface area (Å²) < 4.78 is 5.17. The molecule has 0 spiro atoms. The first kappa shape index (κ1) is 11.4. The summed E-state index contributed by atoms with van der Waals surface area (Å²) in [5.41, 5.74) is 1.87. The third-order valence-corrected chi connectivity index (χ3v) is 2.88. The van der Waals surface area contributed by atoms with E-state index < -0.39 is 0 Å². The standard InChI is InChI=1S/C13H13N3O/c1-13(8-17-9-13)7-16-12-3-2-10(5-14)11(4-12)6-15/h2-4,16H,7-9H2,1H3. The molecular weight excluding hydrogens is 214 g/mol. The van der Waals surface area contributed by atoms with Crippen molar-refractivity contribution in [3.05, 3.63) is 29.3 Å². The average Bonchev–Trinajstić information content (AvgIpc) is 2.33. The van der Waals surface area contributed by atoms with Crippen molar-refractivity contribution >= 4 is 5.69 Å². The fraction of sp³-hybridized carbons (Fsp3) is 0.385. The van der Waals surface area contributed by atoms with E-state index in [1.165, 1.54) is 0 Å². The molecule has 0 unspecified atom stereocenters. The first-order valence-electron chi connectivity index (χ1n) is 5.43. The van der Waals surface area contributed by atoms with E-state index in [1.807, 2.05) is 18.2 Å². The van der Waals surface area contributed by atoms with Crippen LogP contribution in [0.25, 0.3) is 0 Å². The van der Waals surface area contributed by atoms with Crippen LogP contribution in [0.4, 0.5) is 5.69 Å². The summed E-state index contributed by atoms with van der Waals surface area (Å²) in [6.45, 7) is 4.49. The molecule has 86 valence electrons. The fourth-order valence-corrected chi connectivity index (χ4v) is 1.71. The van der Waals surface area contributed by atoms with E-state index in [4.69, 9.17) is 15.3 Å². The van der Waals surface area contributed by atoms with Crippen LogP contribution >= 0.6 is 0 Å². The maximum atomic E-state index is 8.91. The lowest BCUT2D eigenvalue weighted by Gasteiger charge is -2.38. The van der Waals surface area contributed by atoms with Gasteiger partial charge in [-0.15, -0.1) is 0 Å². The lowest BCUT2D eigenvalue weighted by Crippen LogP contribution is -2.45. The van der Waals surface area contributed by atoms with Crippen molar-refractivity contribution in [3.8, 4) is 12.1 Å². The van der Waals surface area contributed by atoms with Crippen LogP contribution in [0.2, 0.25) is 0 Å². The molecule has 0 saturated carbocycles. The molecular formula is C13H13N3O. The molecule has 0 radical (unpaired) electrons. The predicted molar refractivity (Wildman–Crippen MR) is 63.3 cm³/mol. The zero-order chi connectivity index (χ0) is 12.3. The molecule has 0 aliphatic carbocycles. The molecule has 17 heavy (non-hydrogen) atoms. The van der Waals surface area contributed by atoms with Crippen molar-refractivity contribution in [2.45, 2.75) is 6.92 Å². The Balaban J connectivity index is 2.07. The number of nitriles is 2. The van der Waals surface area contributed by atoms with Gasteiger partial charge in [0.1, 0.15) is 12.1 Å². The van der Waals surface area contributed by atoms with Crippen molar-refractivity contribution in [2.24, 2.45) is 5.41 Å². The minimum Gasteiger partial charge on any atom is -0.384 e. The summed E-state index contributed by atoms with van der Waals surface area (Å²) in [7, 11) is 0. The molecule has 1 aromatic carbocycles. The molecule has 1 aliphatic heterocycles. The van der Waals surface area contributed by atoms with E-state index >= 15 is 0 Å². The van der Waals surface area contributed by atoms with Gasteiger partial charge in [0.2, 0.25) is 0 Å². The molecule has 1 N–H and O–H groups in total. The Hall–Kier alpha value is -2.04. The molecule has 1 aliphatic rings. The Labute approximate surface area is 100 Å². The SMILES string of the molecule is CC1(CNc2ccc(C#N)c(C#N)c2)COC1. The van der Waals surface area contributed by atoms with Crippen molar-refractivity contribution < 1.29 is 4.74 Å². The van der Waals surface area contributed by atoms with Crippen LogP contribution < -0.4 is 5.32 Å². The number of rotatable bonds is 3. The molecule has 0 atom stereocenters. The van der Waals surface area contributed by atoms with E-state index in [0.29, 0.717) is 11.1 Å². The van der Waals surface area contributed by atoms with Crippen LogP contribution in [0.3, 0.4) is 0 Å². The summed E-state index contributed by atoms with van der Waals surface area (Å²) in [6, 6.07) is 9.22. The molecule has 1 saturated heterocycles. The number of benzene rings is 1. The van der Waals surface area contributed by atoms with Gasteiger partial charge in [0, 0.05) is 17.6 Å². The van der Waals surface area contributed by atoms with Crippen LogP contribution in [-0.2, 0) is 4.74 Å². The van der Waals surface area contributed by atoms with Gasteiger partial charge in [-0.25, -0.2) is 0 Å². The average molecular weight is 227 g/mol. The van der Waals surface area contributed by atoms with Gasteiger partial charge in [-0.2, -0.15) is 10.5 Å². The first-order valence-corrected chi connectivity index (χ1v) is 5.43. The first-order chi connectivity index (χ1) is 8.17. The zero-order valence-electron chi connectivity index (χ0n) is 9.66. The van der Waals surface area contributed by atoms with Crippen molar-refractivity contribution in [1.29, 1.82) is 10.5 Å². The summed E-state index contributed by atoms with van der Waals surface area (Å²) >= 11 is 0. The monoisotopic (exact) mass is 227 g/mol. The third kappa shape index (κ3) is 2.38. The molecule has 0 bridgehead atoms. The molecule has 4 nitrogen and oxygen atoms in total. The van der Waals surface area contributed by atoms with Crippen molar-refractivity contribution in [3.63, 3.8) is 0 Å². The zero-order valence-corrected chi connectivity index (χ0v) is 9.66. The number of hydrogen-bond donors (Lipinski definition) is 1. The van der Waals surface area contributed by atoms with E-state index in [0.717, 1.165) is 25.4 Å². The van der Waals surface area contributed by atoms with E-state index in [-0.39, 0.29) is 5.41 Å². The van der Waals surface area contributed by atoms with Gasteiger partial charge in [0.25, 0.3) is 0 Å². The van der Waals surface area contributed by atoms with Gasteiger partial charge in [-0.05, 0) is 18.2 Å². The van der Waals surface area contributed by atoms with Gasteiger partial charge in [0.05, 0.1) is 24.3 Å². The van der Waals surface area contributed by atoms with Crippen LogP contribution in [-0.4, -0.2) is 19.8 Å². The molecule has 1 aromatic rings. The summed E-state index contributed by atoms with van der Waals surface area (Å²) in [5.74, 6) is 0. The second kappa shape index (κ2) is 4.45. The van der Waals surface area contributed by atoms with Gasteiger partial charge in [-0.3, -0.25) is 0 Å². The highest BCUT2D eigenvalue weighted by molar-refractivity contribution is 5.56. The van der Waals surface area contributed by atoms with E-state index in [9.17, 15) is 0 Å². The molecule has 1 fully saturated rings. The van der Waals surface area contributed by atoms with Crippen molar-refractivity contribution in [2.75, 3.05) is 25.1 Å². The van der Waals surface area contributed by atoms with Gasteiger partial charge in [-0.1, -0.05) is 6.92 Å². The number of nitrogens with one attached hydrogen (secondary N) is 1. The summed E-state index contributed by atoms with van der Waals surface area (Å²) in [6.07, 6.45) is 0. The summed E-state index contributed by atoms with van der Waals surface area (Å²) in [5, 5.41) is 21.0. The summed E-state index contributed by atoms with van der Waals surface area (Å²) in [4.78, 5) is 0. The van der Waals surface area contributed by atoms with Gasteiger partial charge in [0.15, 0.2) is 0 Å². The highest BCUT2D eigenvalue weighted by atomic mass is 16.5. The lowest BCUT2D eigenvalue weighted by molar-refractivity contribution is -0.0924. The van der Waals surface area contributed by atoms with Gasteiger partial charge >= 0.3 is 0 Å². The molecule has 0 aromatic heterocycles. The minimum atomic E-state index is 0.181. The number of ether oxygens (including phenoxy) is 1. The largest absolute Gasteiger partial charge is 0.384 e. The van der Waals surface area contributed by atoms with Crippen LogP contribution in [0, 0.1) is 28.1 Å². The fourth-order valence-electron chi connectivity index (χ4n) is 1.71. The maximum absolute atomic E-state index is 8.91. The predicted octanol–water partition coefficient (Wildman–Crippen LogP) is 1.88. The van der Waals surface area contributed by atoms with E-state index in [1.54, 1.807) is 12.1 Å². The van der Waals surface area contributed by atoms with Gasteiger partial charge < -0.3 is 10.1 Å². The molecule has 2 rings (SSSR count). The Morgan fingerprint density at radius 3 is 2.53 bits per heavy atom. The Kier molecular flexibility index (Phi) is 2.99. The van der Waals surface area contributed by atoms with Crippen LogP contribution in [0.5, 0.6) is 0 Å².